The fourth-order valence-corrected chi connectivity index (χ4v) is 4.43. The van der Waals surface area contributed by atoms with Gasteiger partial charge in [0.2, 0.25) is 0 Å². The van der Waals surface area contributed by atoms with Crippen molar-refractivity contribution in [2.75, 3.05) is 28.0 Å². The number of hydrogen-bond acceptors (Lipinski definition) is 6. The zero-order chi connectivity index (χ0) is 28.2. The van der Waals surface area contributed by atoms with E-state index in [1.807, 2.05) is 55.5 Å². The number of rotatable bonds is 8. The van der Waals surface area contributed by atoms with E-state index in [0.29, 0.717) is 28.4 Å². The van der Waals surface area contributed by atoms with Gasteiger partial charge in [-0.05, 0) is 79.2 Å². The van der Waals surface area contributed by atoms with Gasteiger partial charge in [0.25, 0.3) is 17.7 Å². The van der Waals surface area contributed by atoms with E-state index in [-0.39, 0.29) is 16.6 Å². The average molecular weight is 553 g/mol. The topological polar surface area (TPSA) is 99.8 Å². The maximum absolute atomic E-state index is 13.3. The van der Waals surface area contributed by atoms with Gasteiger partial charge in [-0.3, -0.25) is 14.4 Å². The first-order valence-corrected chi connectivity index (χ1v) is 12.8. The first-order chi connectivity index (χ1) is 19.3. The van der Waals surface area contributed by atoms with Crippen LogP contribution in [0.25, 0.3) is 0 Å². The largest absolute Gasteiger partial charge is 0.495 e. The first-order valence-electron chi connectivity index (χ1n) is 12.4. The molecule has 0 atom stereocenters. The number of imide groups is 1. The van der Waals surface area contributed by atoms with Gasteiger partial charge in [-0.15, -0.1) is 0 Å². The lowest BCUT2D eigenvalue weighted by molar-refractivity contribution is -0.120. The number of halogens is 1. The van der Waals surface area contributed by atoms with E-state index >= 15 is 0 Å². The summed E-state index contributed by atoms with van der Waals surface area (Å²) in [6.07, 6.45) is 0. The Kier molecular flexibility index (Phi) is 7.52. The summed E-state index contributed by atoms with van der Waals surface area (Å²) in [5, 5.41) is 8.82. The Morgan fingerprint density at radius 3 is 2.15 bits per heavy atom. The molecule has 3 amide bonds. The fraction of sp³-hybridized carbons (Fsp3) is 0.0645. The highest BCUT2D eigenvalue weighted by atomic mass is 35.5. The molecule has 3 N–H and O–H groups in total. The summed E-state index contributed by atoms with van der Waals surface area (Å²) < 4.78 is 5.35. The van der Waals surface area contributed by atoms with Gasteiger partial charge in [0.1, 0.15) is 16.5 Å². The van der Waals surface area contributed by atoms with Crippen molar-refractivity contribution in [3.8, 4) is 5.75 Å². The van der Waals surface area contributed by atoms with Crippen LogP contribution in [0.4, 0.5) is 28.4 Å². The third kappa shape index (κ3) is 5.52. The number of ether oxygens (including phenoxy) is 1. The molecule has 0 aliphatic carbocycles. The molecule has 200 valence electrons. The third-order valence-corrected chi connectivity index (χ3v) is 6.55. The average Bonchev–Trinajstić information content (AvgIpc) is 3.17. The van der Waals surface area contributed by atoms with E-state index in [1.165, 1.54) is 7.11 Å². The van der Waals surface area contributed by atoms with Gasteiger partial charge in [0.05, 0.1) is 12.8 Å². The van der Waals surface area contributed by atoms with E-state index in [9.17, 15) is 14.4 Å². The number of methoxy groups -OCH3 is 1. The number of carbonyl (C=O) groups excluding carboxylic acids is 3. The second kappa shape index (κ2) is 11.3. The molecule has 1 heterocycles. The molecule has 8 nitrogen and oxygen atoms in total. The Labute approximate surface area is 236 Å². The number of benzene rings is 4. The monoisotopic (exact) mass is 552 g/mol. The van der Waals surface area contributed by atoms with E-state index in [0.717, 1.165) is 21.8 Å². The predicted octanol–water partition coefficient (Wildman–Crippen LogP) is 6.44. The van der Waals surface area contributed by atoms with Crippen LogP contribution in [-0.4, -0.2) is 24.8 Å². The maximum Gasteiger partial charge on any atom is 0.283 e. The number of carbonyl (C=O) groups is 3. The number of anilines is 5. The summed E-state index contributed by atoms with van der Waals surface area (Å²) in [6, 6.07) is 28.8. The highest BCUT2D eigenvalue weighted by Gasteiger charge is 2.40. The molecule has 0 bridgehead atoms. The number of amides is 3. The molecule has 0 fully saturated rings. The maximum atomic E-state index is 13.3. The molecule has 0 saturated carbocycles. The van der Waals surface area contributed by atoms with Crippen molar-refractivity contribution in [3.63, 3.8) is 0 Å². The molecule has 0 aromatic heterocycles. The van der Waals surface area contributed by atoms with Crippen LogP contribution in [0.3, 0.4) is 0 Å². The van der Waals surface area contributed by atoms with Gasteiger partial charge in [-0.1, -0.05) is 41.9 Å². The third-order valence-electron chi connectivity index (χ3n) is 6.20. The zero-order valence-corrected chi connectivity index (χ0v) is 22.5. The summed E-state index contributed by atoms with van der Waals surface area (Å²) in [4.78, 5) is 40.2. The van der Waals surface area contributed by atoms with E-state index in [2.05, 4.69) is 16.0 Å². The van der Waals surface area contributed by atoms with E-state index in [1.54, 1.807) is 48.5 Å². The number of para-hydroxylation sites is 1. The van der Waals surface area contributed by atoms with E-state index < -0.39 is 11.8 Å². The van der Waals surface area contributed by atoms with Crippen LogP contribution >= 0.6 is 11.6 Å². The summed E-state index contributed by atoms with van der Waals surface area (Å²) in [5.74, 6) is -1.27. The summed E-state index contributed by atoms with van der Waals surface area (Å²) >= 11 is 6.31. The minimum absolute atomic E-state index is 0.0886. The molecule has 4 aromatic carbocycles. The highest BCUT2D eigenvalue weighted by molar-refractivity contribution is 6.53. The molecule has 0 unspecified atom stereocenters. The van der Waals surface area contributed by atoms with Crippen molar-refractivity contribution in [3.05, 3.63) is 119 Å². The Hall–Kier alpha value is -5.08. The molecular weight excluding hydrogens is 528 g/mol. The lowest BCUT2D eigenvalue weighted by atomic mass is 10.1. The molecular formula is C31H25ClN4O4. The van der Waals surface area contributed by atoms with Crippen molar-refractivity contribution in [1.29, 1.82) is 0 Å². The quantitative estimate of drug-likeness (QED) is 0.218. The molecule has 0 radical (unpaired) electrons. The number of aryl methyl sites for hydroxylation is 1. The van der Waals surface area contributed by atoms with Gasteiger partial charge in [0.15, 0.2) is 0 Å². The lowest BCUT2D eigenvalue weighted by Gasteiger charge is -2.18. The second-order valence-electron chi connectivity index (χ2n) is 9.04. The molecule has 40 heavy (non-hydrogen) atoms. The normalized spacial score (nSPS) is 12.9. The molecule has 5 rings (SSSR count). The fourth-order valence-electron chi connectivity index (χ4n) is 4.22. The van der Waals surface area contributed by atoms with Crippen molar-refractivity contribution < 1.29 is 19.1 Å². The Morgan fingerprint density at radius 1 is 0.750 bits per heavy atom. The second-order valence-corrected chi connectivity index (χ2v) is 9.42. The van der Waals surface area contributed by atoms with Gasteiger partial charge in [-0.25, -0.2) is 4.90 Å². The smallest absolute Gasteiger partial charge is 0.283 e. The Morgan fingerprint density at radius 2 is 1.43 bits per heavy atom. The number of nitrogens with one attached hydrogen (secondary N) is 3. The minimum Gasteiger partial charge on any atom is -0.495 e. The van der Waals surface area contributed by atoms with E-state index in [4.69, 9.17) is 16.3 Å². The van der Waals surface area contributed by atoms with Gasteiger partial charge >= 0.3 is 0 Å². The molecule has 1 aliphatic heterocycles. The van der Waals surface area contributed by atoms with Crippen molar-refractivity contribution >= 4 is 57.8 Å². The molecule has 4 aromatic rings. The van der Waals surface area contributed by atoms with Crippen molar-refractivity contribution in [1.82, 2.24) is 0 Å². The number of nitrogens with zero attached hydrogens (tertiary/aromatic N) is 1. The molecule has 0 spiro atoms. The molecule has 9 heteroatoms. The summed E-state index contributed by atoms with van der Waals surface area (Å²) in [7, 11) is 1.46. The van der Waals surface area contributed by atoms with Crippen LogP contribution in [0.5, 0.6) is 5.75 Å². The van der Waals surface area contributed by atoms with Crippen LogP contribution < -0.4 is 25.6 Å². The predicted molar refractivity (Wildman–Crippen MR) is 157 cm³/mol. The van der Waals surface area contributed by atoms with Crippen molar-refractivity contribution in [2.45, 2.75) is 6.92 Å². The summed E-state index contributed by atoms with van der Waals surface area (Å²) in [6.45, 7) is 1.84. The SMILES string of the molecule is COc1ccc(C)cc1N1C(=O)C(Cl)=C(Nc2cccc(C(=O)Nc3ccc(Nc4ccccc4)cc3)c2)C1=O. The minimum atomic E-state index is -0.669. The van der Waals surface area contributed by atoms with Crippen LogP contribution in [0.15, 0.2) is 108 Å². The van der Waals surface area contributed by atoms with Crippen LogP contribution in [0, 0.1) is 6.92 Å². The summed E-state index contributed by atoms with van der Waals surface area (Å²) in [5.41, 5.74) is 4.28. The Balaban J connectivity index is 1.29. The Bertz CT molecular complexity index is 1640. The lowest BCUT2D eigenvalue weighted by Crippen LogP contribution is -2.32. The molecule has 0 saturated heterocycles. The zero-order valence-electron chi connectivity index (χ0n) is 21.7. The van der Waals surface area contributed by atoms with Crippen LogP contribution in [-0.2, 0) is 9.59 Å². The first kappa shape index (κ1) is 26.5. The van der Waals surface area contributed by atoms with Crippen molar-refractivity contribution in [2.24, 2.45) is 0 Å². The van der Waals surface area contributed by atoms with Gasteiger partial charge < -0.3 is 20.7 Å². The van der Waals surface area contributed by atoms with Gasteiger partial charge in [0, 0.05) is 28.3 Å². The standard InChI is InChI=1S/C31H25ClN4O4/c1-19-11-16-26(40-2)25(17-19)36-30(38)27(32)28(31(36)39)34-24-10-6-7-20(18-24)29(37)35-23-14-12-22(13-15-23)33-21-8-4-3-5-9-21/h3-18,33-34H,1-2H3,(H,35,37). The van der Waals surface area contributed by atoms with Crippen LogP contribution in [0.2, 0.25) is 0 Å². The number of hydrogen-bond donors (Lipinski definition) is 3. The highest BCUT2D eigenvalue weighted by Crippen LogP contribution is 2.36. The molecule has 1 aliphatic rings. The van der Waals surface area contributed by atoms with Gasteiger partial charge in [-0.2, -0.15) is 0 Å². The van der Waals surface area contributed by atoms with Crippen LogP contribution in [0.1, 0.15) is 15.9 Å².